The number of nitrogens with one attached hydrogen (secondary N) is 1. The van der Waals surface area contributed by atoms with Crippen molar-refractivity contribution < 1.29 is 0 Å². The van der Waals surface area contributed by atoms with Crippen LogP contribution in [0.15, 0.2) is 42.6 Å². The van der Waals surface area contributed by atoms with E-state index in [1.807, 2.05) is 37.4 Å². The molecule has 110 valence electrons. The number of hydrogen-bond acceptors (Lipinski definition) is 3. The van der Waals surface area contributed by atoms with Gasteiger partial charge in [-0.2, -0.15) is 0 Å². The number of nitrogens with zero attached hydrogens (tertiary/aromatic N) is 2. The van der Waals surface area contributed by atoms with Crippen molar-refractivity contribution in [2.45, 2.75) is 19.5 Å². The lowest BCUT2D eigenvalue weighted by Gasteiger charge is -2.26. The van der Waals surface area contributed by atoms with Crippen LogP contribution in [0.25, 0.3) is 0 Å². The van der Waals surface area contributed by atoms with Crippen molar-refractivity contribution in [2.75, 3.05) is 7.05 Å². The summed E-state index contributed by atoms with van der Waals surface area (Å²) >= 11 is 6.05. The fraction of sp³-hybridized carbons (Fsp3) is 0.250. The first-order chi connectivity index (χ1) is 9.99. The maximum Gasteiger partial charge on any atom is 0.142 e. The summed E-state index contributed by atoms with van der Waals surface area (Å²) in [6, 6.07) is 11.9. The number of nitrogens with two attached hydrogens (primary N) is 1. The second-order valence-electron chi connectivity index (χ2n) is 5.07. The Bertz CT molecular complexity index is 642. The van der Waals surface area contributed by atoms with E-state index in [1.165, 1.54) is 0 Å². The Morgan fingerprint density at radius 3 is 2.81 bits per heavy atom. The number of hydrogen-bond donors (Lipinski definition) is 2. The Hall–Kier alpha value is -1.91. The lowest BCUT2D eigenvalue weighted by Crippen LogP contribution is -2.25. The third kappa shape index (κ3) is 3.80. The zero-order valence-corrected chi connectivity index (χ0v) is 12.9. The molecule has 0 saturated carbocycles. The first-order valence-electron chi connectivity index (χ1n) is 6.73. The molecule has 3 N–H and O–H groups in total. The number of benzene rings is 1. The molecule has 0 aliphatic rings. The number of nitrogen functional groups attached to an aromatic ring is 1. The van der Waals surface area contributed by atoms with Crippen molar-refractivity contribution in [3.05, 3.63) is 64.4 Å². The molecule has 0 bridgehead atoms. The Morgan fingerprint density at radius 2 is 2.14 bits per heavy atom. The van der Waals surface area contributed by atoms with Gasteiger partial charge in [0.2, 0.25) is 0 Å². The van der Waals surface area contributed by atoms with Gasteiger partial charge in [-0.15, -0.1) is 0 Å². The van der Waals surface area contributed by atoms with Gasteiger partial charge in [0.1, 0.15) is 11.5 Å². The van der Waals surface area contributed by atoms with Crippen molar-refractivity contribution in [3.8, 4) is 0 Å². The zero-order valence-electron chi connectivity index (χ0n) is 12.2. The zero-order chi connectivity index (χ0) is 15.4. The normalized spacial score (nSPS) is 12.4. The van der Waals surface area contributed by atoms with E-state index in [-0.39, 0.29) is 11.9 Å². The summed E-state index contributed by atoms with van der Waals surface area (Å²) in [6.45, 7) is 2.78. The SMILES string of the molecule is CC(c1cccc(Cl)c1)N(C)Cc1cccnc1C(=N)N. The van der Waals surface area contributed by atoms with Gasteiger partial charge in [-0.25, -0.2) is 0 Å². The van der Waals surface area contributed by atoms with Crippen molar-refractivity contribution in [3.63, 3.8) is 0 Å². The van der Waals surface area contributed by atoms with E-state index in [0.29, 0.717) is 12.2 Å². The predicted octanol–water partition coefficient (Wildman–Crippen LogP) is 3.21. The monoisotopic (exact) mass is 302 g/mol. The second-order valence-corrected chi connectivity index (χ2v) is 5.51. The Kier molecular flexibility index (Phi) is 4.94. The van der Waals surface area contributed by atoms with Crippen LogP contribution in [0.5, 0.6) is 0 Å². The molecule has 2 aromatic rings. The van der Waals surface area contributed by atoms with Crippen LogP contribution in [0.3, 0.4) is 0 Å². The summed E-state index contributed by atoms with van der Waals surface area (Å²) in [5.41, 5.74) is 8.22. The maximum atomic E-state index is 7.60. The van der Waals surface area contributed by atoms with E-state index in [4.69, 9.17) is 22.7 Å². The molecule has 2 rings (SSSR count). The highest BCUT2D eigenvalue weighted by Crippen LogP contribution is 2.23. The van der Waals surface area contributed by atoms with Crippen LogP contribution in [0.4, 0.5) is 0 Å². The summed E-state index contributed by atoms with van der Waals surface area (Å²) in [5, 5.41) is 8.33. The third-order valence-corrected chi connectivity index (χ3v) is 3.79. The molecule has 21 heavy (non-hydrogen) atoms. The molecule has 0 aliphatic carbocycles. The second kappa shape index (κ2) is 6.70. The van der Waals surface area contributed by atoms with Gasteiger partial charge < -0.3 is 5.73 Å². The van der Waals surface area contributed by atoms with Gasteiger partial charge in [-0.3, -0.25) is 15.3 Å². The molecule has 5 heteroatoms. The van der Waals surface area contributed by atoms with Crippen LogP contribution < -0.4 is 5.73 Å². The molecular weight excluding hydrogens is 284 g/mol. The van der Waals surface area contributed by atoms with Gasteiger partial charge in [0.25, 0.3) is 0 Å². The van der Waals surface area contributed by atoms with E-state index in [2.05, 4.69) is 22.9 Å². The number of halogens is 1. The van der Waals surface area contributed by atoms with Gasteiger partial charge in [0, 0.05) is 23.8 Å². The van der Waals surface area contributed by atoms with Crippen LogP contribution in [-0.4, -0.2) is 22.8 Å². The summed E-state index contributed by atoms with van der Waals surface area (Å²) in [4.78, 5) is 6.36. The van der Waals surface area contributed by atoms with Crippen molar-refractivity contribution >= 4 is 17.4 Å². The van der Waals surface area contributed by atoms with E-state index in [9.17, 15) is 0 Å². The van der Waals surface area contributed by atoms with Gasteiger partial charge >= 0.3 is 0 Å². The number of pyridine rings is 1. The van der Waals surface area contributed by atoms with E-state index < -0.39 is 0 Å². The third-order valence-electron chi connectivity index (χ3n) is 3.56. The molecule has 0 radical (unpaired) electrons. The minimum absolute atomic E-state index is 0.00518. The topological polar surface area (TPSA) is 66.0 Å². The van der Waals surface area contributed by atoms with E-state index >= 15 is 0 Å². The standard InChI is InChI=1S/C16H19ClN4/c1-11(12-5-3-7-14(17)9-12)21(2)10-13-6-4-8-20-15(13)16(18)19/h3-9,11H,10H2,1-2H3,(H3,18,19). The number of rotatable bonds is 5. The summed E-state index contributed by atoms with van der Waals surface area (Å²) < 4.78 is 0. The van der Waals surface area contributed by atoms with Crippen LogP contribution in [0, 0.1) is 5.41 Å². The molecule has 1 heterocycles. The summed E-state index contributed by atoms with van der Waals surface area (Å²) in [6.07, 6.45) is 1.65. The largest absolute Gasteiger partial charge is 0.382 e. The van der Waals surface area contributed by atoms with Gasteiger partial charge in [-0.1, -0.05) is 29.8 Å². The molecule has 0 fully saturated rings. The molecule has 4 nitrogen and oxygen atoms in total. The highest BCUT2D eigenvalue weighted by atomic mass is 35.5. The fourth-order valence-corrected chi connectivity index (χ4v) is 2.43. The minimum Gasteiger partial charge on any atom is -0.382 e. The van der Waals surface area contributed by atoms with Crippen molar-refractivity contribution in [1.82, 2.24) is 9.88 Å². The summed E-state index contributed by atoms with van der Waals surface area (Å²) in [7, 11) is 2.03. The van der Waals surface area contributed by atoms with Crippen LogP contribution in [0.1, 0.15) is 29.8 Å². The van der Waals surface area contributed by atoms with Crippen LogP contribution >= 0.6 is 11.6 Å². The molecule has 0 amide bonds. The quantitative estimate of drug-likeness (QED) is 0.658. The maximum absolute atomic E-state index is 7.60. The lowest BCUT2D eigenvalue weighted by atomic mass is 10.1. The van der Waals surface area contributed by atoms with E-state index in [1.54, 1.807) is 6.20 Å². The van der Waals surface area contributed by atoms with Gasteiger partial charge in [0.15, 0.2) is 0 Å². The lowest BCUT2D eigenvalue weighted by molar-refractivity contribution is 0.252. The Morgan fingerprint density at radius 1 is 1.38 bits per heavy atom. The summed E-state index contributed by atoms with van der Waals surface area (Å²) in [5.74, 6) is -0.00518. The highest BCUT2D eigenvalue weighted by molar-refractivity contribution is 6.30. The first kappa shape index (κ1) is 15.5. The molecule has 1 unspecified atom stereocenters. The molecular formula is C16H19ClN4. The average Bonchev–Trinajstić information content (AvgIpc) is 2.46. The van der Waals surface area contributed by atoms with Gasteiger partial charge in [0.05, 0.1) is 0 Å². The van der Waals surface area contributed by atoms with Crippen molar-refractivity contribution in [2.24, 2.45) is 5.73 Å². The van der Waals surface area contributed by atoms with Gasteiger partial charge in [-0.05, 0) is 43.3 Å². The first-order valence-corrected chi connectivity index (χ1v) is 7.11. The predicted molar refractivity (Wildman–Crippen MR) is 86.6 cm³/mol. The molecule has 1 atom stereocenters. The Balaban J connectivity index is 2.18. The van der Waals surface area contributed by atoms with Crippen LogP contribution in [0.2, 0.25) is 5.02 Å². The fourth-order valence-electron chi connectivity index (χ4n) is 2.24. The Labute approximate surface area is 130 Å². The molecule has 0 aliphatic heterocycles. The molecule has 1 aromatic heterocycles. The number of amidine groups is 1. The average molecular weight is 303 g/mol. The molecule has 0 saturated heterocycles. The molecule has 1 aromatic carbocycles. The highest BCUT2D eigenvalue weighted by Gasteiger charge is 2.15. The van der Waals surface area contributed by atoms with Crippen molar-refractivity contribution in [1.29, 1.82) is 5.41 Å². The number of aromatic nitrogens is 1. The smallest absolute Gasteiger partial charge is 0.142 e. The van der Waals surface area contributed by atoms with Crippen LogP contribution in [-0.2, 0) is 6.54 Å². The minimum atomic E-state index is -0.00518. The van der Waals surface area contributed by atoms with E-state index in [0.717, 1.165) is 16.1 Å². The molecule has 0 spiro atoms.